The first kappa shape index (κ1) is 23.9. The Labute approximate surface area is 206 Å². The summed E-state index contributed by atoms with van der Waals surface area (Å²) in [6.07, 6.45) is 11.3. The quantitative estimate of drug-likeness (QED) is 0.560. The van der Waals surface area contributed by atoms with E-state index in [1.165, 1.54) is 56.5 Å². The number of carbonyl (C=O) groups is 2. The van der Waals surface area contributed by atoms with Gasteiger partial charge in [-0.2, -0.15) is 0 Å². The van der Waals surface area contributed by atoms with Crippen molar-refractivity contribution in [1.29, 1.82) is 0 Å². The number of amides is 2. The molecule has 34 heavy (non-hydrogen) atoms. The van der Waals surface area contributed by atoms with Gasteiger partial charge in [0.2, 0.25) is 22.1 Å². The van der Waals surface area contributed by atoms with Gasteiger partial charge in [-0.25, -0.2) is 0 Å². The lowest BCUT2D eigenvalue weighted by Crippen LogP contribution is -2.51. The molecular weight excluding hydrogens is 450 g/mol. The van der Waals surface area contributed by atoms with Crippen molar-refractivity contribution >= 4 is 33.4 Å². The Morgan fingerprint density at radius 2 is 1.71 bits per heavy atom. The Bertz CT molecular complexity index is 835. The fourth-order valence-electron chi connectivity index (χ4n) is 5.98. The van der Waals surface area contributed by atoms with Crippen LogP contribution in [0.4, 0.5) is 10.3 Å². The average Bonchev–Trinajstić information content (AvgIpc) is 3.63. The monoisotopic (exact) mass is 489 g/mol. The van der Waals surface area contributed by atoms with Crippen molar-refractivity contribution in [3.63, 3.8) is 0 Å². The smallest absolute Gasteiger partial charge is 0.242 e. The van der Waals surface area contributed by atoms with Gasteiger partial charge in [0.25, 0.3) is 0 Å². The topological polar surface area (TPSA) is 84.9 Å². The number of aromatic nitrogens is 2. The van der Waals surface area contributed by atoms with Crippen LogP contribution in [0.2, 0.25) is 0 Å². The third-order valence-electron chi connectivity index (χ3n) is 7.96. The zero-order valence-electron chi connectivity index (χ0n) is 20.3. The van der Waals surface area contributed by atoms with E-state index in [1.54, 1.807) is 4.90 Å². The van der Waals surface area contributed by atoms with Crippen molar-refractivity contribution < 1.29 is 9.59 Å². The molecule has 1 N–H and O–H groups in total. The highest BCUT2D eigenvalue weighted by atomic mass is 32.1. The highest BCUT2D eigenvalue weighted by molar-refractivity contribution is 7.19. The van der Waals surface area contributed by atoms with E-state index in [4.69, 9.17) is 0 Å². The molecule has 10 heteroatoms. The standard InChI is InChI=1S/C24H39N7O2S/c32-21-10-5-14-31(21)24-27-26-23(34-24)30-13-4-9-20(30)22(33)25-11-6-12-28-15-17-29(18-16-28)19-7-2-1-3-8-19/h19-20H,1-18H2,(H,25,33). The molecule has 4 fully saturated rings. The van der Waals surface area contributed by atoms with Gasteiger partial charge in [-0.1, -0.05) is 30.6 Å². The molecule has 1 unspecified atom stereocenters. The molecule has 0 aromatic carbocycles. The first-order chi connectivity index (χ1) is 16.7. The number of carbonyl (C=O) groups excluding carboxylic acids is 2. The maximum atomic E-state index is 12.9. The third-order valence-corrected chi connectivity index (χ3v) is 8.94. The van der Waals surface area contributed by atoms with E-state index >= 15 is 0 Å². The van der Waals surface area contributed by atoms with Crippen LogP contribution in [0, 0.1) is 0 Å². The second-order valence-electron chi connectivity index (χ2n) is 10.2. The molecule has 1 aliphatic carbocycles. The number of rotatable bonds is 8. The van der Waals surface area contributed by atoms with Crippen molar-refractivity contribution in [2.45, 2.75) is 76.3 Å². The van der Waals surface area contributed by atoms with Crippen LogP contribution >= 0.6 is 11.3 Å². The van der Waals surface area contributed by atoms with Gasteiger partial charge in [-0.15, -0.1) is 10.2 Å². The van der Waals surface area contributed by atoms with E-state index in [1.807, 2.05) is 0 Å². The minimum atomic E-state index is -0.186. The van der Waals surface area contributed by atoms with E-state index in [0.717, 1.165) is 69.6 Å². The van der Waals surface area contributed by atoms with Crippen molar-refractivity contribution in [2.24, 2.45) is 0 Å². The summed E-state index contributed by atoms with van der Waals surface area (Å²) in [7, 11) is 0. The van der Waals surface area contributed by atoms with Gasteiger partial charge in [-0.3, -0.25) is 19.4 Å². The molecule has 4 aliphatic rings. The first-order valence-electron chi connectivity index (χ1n) is 13.3. The van der Waals surface area contributed by atoms with Crippen LogP contribution in [0.5, 0.6) is 0 Å². The molecule has 3 saturated heterocycles. The predicted molar refractivity (Wildman–Crippen MR) is 134 cm³/mol. The van der Waals surface area contributed by atoms with E-state index < -0.39 is 0 Å². The Morgan fingerprint density at radius 3 is 2.47 bits per heavy atom. The summed E-state index contributed by atoms with van der Waals surface area (Å²) in [5.74, 6) is 0.211. The lowest BCUT2D eigenvalue weighted by Gasteiger charge is -2.40. The molecule has 1 atom stereocenters. The van der Waals surface area contributed by atoms with Gasteiger partial charge in [0.15, 0.2) is 0 Å². The number of piperazine rings is 1. The van der Waals surface area contributed by atoms with E-state index in [-0.39, 0.29) is 17.9 Å². The van der Waals surface area contributed by atoms with Gasteiger partial charge >= 0.3 is 0 Å². The number of anilines is 2. The van der Waals surface area contributed by atoms with Gasteiger partial charge in [0.05, 0.1) is 0 Å². The number of hydrogen-bond acceptors (Lipinski definition) is 8. The summed E-state index contributed by atoms with van der Waals surface area (Å²) in [5.41, 5.74) is 0. The Morgan fingerprint density at radius 1 is 0.912 bits per heavy atom. The average molecular weight is 490 g/mol. The fourth-order valence-corrected chi connectivity index (χ4v) is 6.95. The minimum Gasteiger partial charge on any atom is -0.354 e. The Kier molecular flexibility index (Phi) is 7.96. The number of nitrogens with zero attached hydrogens (tertiary/aromatic N) is 6. The summed E-state index contributed by atoms with van der Waals surface area (Å²) < 4.78 is 0. The highest BCUT2D eigenvalue weighted by Crippen LogP contribution is 2.33. The molecule has 2 amide bonds. The van der Waals surface area contributed by atoms with Crippen molar-refractivity contribution in [2.75, 3.05) is 62.2 Å². The van der Waals surface area contributed by atoms with Gasteiger partial charge in [-0.05, 0) is 45.1 Å². The molecule has 4 heterocycles. The van der Waals surface area contributed by atoms with Crippen LogP contribution in [0.15, 0.2) is 0 Å². The van der Waals surface area contributed by atoms with Crippen LogP contribution in [-0.2, 0) is 9.59 Å². The second-order valence-corrected chi connectivity index (χ2v) is 11.1. The summed E-state index contributed by atoms with van der Waals surface area (Å²) in [5, 5.41) is 13.1. The zero-order chi connectivity index (χ0) is 23.3. The maximum Gasteiger partial charge on any atom is 0.242 e. The molecule has 5 rings (SSSR count). The zero-order valence-corrected chi connectivity index (χ0v) is 21.1. The second kappa shape index (κ2) is 11.3. The number of nitrogens with one attached hydrogen (secondary N) is 1. The SMILES string of the molecule is O=C(NCCCN1CCN(C2CCCCC2)CC1)C1CCCN1c1nnc(N2CCCC2=O)s1. The molecule has 3 aliphatic heterocycles. The summed E-state index contributed by atoms with van der Waals surface area (Å²) in [4.78, 5) is 34.0. The lowest BCUT2D eigenvalue weighted by molar-refractivity contribution is -0.122. The van der Waals surface area contributed by atoms with Crippen molar-refractivity contribution in [3.05, 3.63) is 0 Å². The van der Waals surface area contributed by atoms with Gasteiger partial charge in [0, 0.05) is 58.3 Å². The third kappa shape index (κ3) is 5.54. The van der Waals surface area contributed by atoms with Crippen molar-refractivity contribution in [3.8, 4) is 0 Å². The summed E-state index contributed by atoms with van der Waals surface area (Å²) >= 11 is 1.43. The van der Waals surface area contributed by atoms with E-state index in [9.17, 15) is 9.59 Å². The molecule has 1 aromatic rings. The summed E-state index contributed by atoms with van der Waals surface area (Å²) in [6.45, 7) is 7.99. The fraction of sp³-hybridized carbons (Fsp3) is 0.833. The molecule has 1 saturated carbocycles. The molecule has 9 nitrogen and oxygen atoms in total. The minimum absolute atomic E-state index is 0.0913. The normalized spacial score (nSPS) is 25.4. The molecule has 0 bridgehead atoms. The van der Waals surface area contributed by atoms with E-state index in [0.29, 0.717) is 18.1 Å². The molecule has 1 aromatic heterocycles. The lowest BCUT2D eigenvalue weighted by atomic mass is 9.94. The first-order valence-corrected chi connectivity index (χ1v) is 14.2. The van der Waals surface area contributed by atoms with E-state index in [2.05, 4.69) is 30.2 Å². The molecule has 0 spiro atoms. The van der Waals surface area contributed by atoms with Gasteiger partial charge in [0.1, 0.15) is 6.04 Å². The molecule has 0 radical (unpaired) electrons. The van der Waals surface area contributed by atoms with Crippen LogP contribution in [0.3, 0.4) is 0 Å². The maximum absolute atomic E-state index is 12.9. The Hall–Kier alpha value is -1.78. The van der Waals surface area contributed by atoms with Crippen molar-refractivity contribution in [1.82, 2.24) is 25.3 Å². The van der Waals surface area contributed by atoms with Crippen LogP contribution in [-0.4, -0.2) is 96.3 Å². The largest absolute Gasteiger partial charge is 0.354 e. The molecule has 188 valence electrons. The van der Waals surface area contributed by atoms with Crippen LogP contribution in [0.1, 0.15) is 64.2 Å². The van der Waals surface area contributed by atoms with Crippen LogP contribution in [0.25, 0.3) is 0 Å². The van der Waals surface area contributed by atoms with Crippen LogP contribution < -0.4 is 15.1 Å². The Balaban J connectivity index is 1.03. The molecular formula is C24H39N7O2S. The highest BCUT2D eigenvalue weighted by Gasteiger charge is 2.34. The predicted octanol–water partition coefficient (Wildman–Crippen LogP) is 2.09. The van der Waals surface area contributed by atoms with Gasteiger partial charge < -0.3 is 15.1 Å². The summed E-state index contributed by atoms with van der Waals surface area (Å²) in [6, 6.07) is 0.638. The number of hydrogen-bond donors (Lipinski definition) is 1.